The Morgan fingerprint density at radius 2 is 2.07 bits per heavy atom. The molecule has 0 atom stereocenters. The first kappa shape index (κ1) is 13.3. The van der Waals surface area contributed by atoms with Crippen LogP contribution < -0.4 is 0 Å². The van der Waals surface area contributed by atoms with E-state index in [0.29, 0.717) is 6.61 Å². The molecule has 0 radical (unpaired) electrons. The molecule has 0 aromatic carbocycles. The van der Waals surface area contributed by atoms with Crippen molar-refractivity contribution in [3.8, 4) is 0 Å². The van der Waals surface area contributed by atoms with Crippen molar-refractivity contribution >= 4 is 6.29 Å². The van der Waals surface area contributed by atoms with Gasteiger partial charge in [-0.15, -0.1) is 0 Å². The van der Waals surface area contributed by atoms with Crippen LogP contribution in [0.2, 0.25) is 0 Å². The number of hydrogen-bond donors (Lipinski definition) is 0. The van der Waals surface area contributed by atoms with Gasteiger partial charge in [0.15, 0.2) is 5.79 Å². The van der Waals surface area contributed by atoms with E-state index >= 15 is 0 Å². The fraction of sp³-hybridized carbons (Fsp3) is 0.700. The second kappa shape index (κ2) is 7.67. The highest BCUT2D eigenvalue weighted by Gasteiger charge is 2.17. The number of hydrogen-bond acceptors (Lipinski definition) is 4. The lowest BCUT2D eigenvalue weighted by atomic mass is 10.3. The molecule has 0 saturated heterocycles. The summed E-state index contributed by atoms with van der Waals surface area (Å²) >= 11 is 0. The third kappa shape index (κ3) is 7.91. The second-order valence-electron chi connectivity index (χ2n) is 3.22. The molecule has 0 amide bonds. The summed E-state index contributed by atoms with van der Waals surface area (Å²) in [7, 11) is 1.55. The van der Waals surface area contributed by atoms with Crippen LogP contribution in [-0.2, 0) is 19.3 Å². The maximum atomic E-state index is 9.90. The first-order valence-corrected chi connectivity index (χ1v) is 4.58. The Labute approximate surface area is 84.8 Å². The Morgan fingerprint density at radius 3 is 2.64 bits per heavy atom. The fourth-order valence-corrected chi connectivity index (χ4v) is 0.629. The first-order valence-electron chi connectivity index (χ1n) is 4.58. The topological polar surface area (TPSA) is 44.8 Å². The third-order valence-electron chi connectivity index (χ3n) is 1.56. The quantitative estimate of drug-likeness (QED) is 0.150. The monoisotopic (exact) mass is 202 g/mol. The molecule has 14 heavy (non-hydrogen) atoms. The van der Waals surface area contributed by atoms with Crippen LogP contribution >= 0.6 is 0 Å². The van der Waals surface area contributed by atoms with Crippen LogP contribution in [0.4, 0.5) is 0 Å². The van der Waals surface area contributed by atoms with Gasteiger partial charge in [0.2, 0.25) is 0 Å². The molecule has 0 N–H and O–H groups in total. The van der Waals surface area contributed by atoms with Crippen molar-refractivity contribution in [2.24, 2.45) is 0 Å². The SMILES string of the molecule is COC(C)(C)OOCCC/C=C/C=O. The average Bonchev–Trinajstić information content (AvgIpc) is 2.16. The normalized spacial score (nSPS) is 12.2. The molecule has 82 valence electrons. The number of allylic oxidation sites excluding steroid dienone is 2. The molecule has 0 unspecified atom stereocenters. The predicted molar refractivity (Wildman–Crippen MR) is 52.6 cm³/mol. The molecule has 0 rings (SSSR count). The summed E-state index contributed by atoms with van der Waals surface area (Å²) in [6.45, 7) is 4.01. The Bertz CT molecular complexity index is 175. The van der Waals surface area contributed by atoms with E-state index in [-0.39, 0.29) is 0 Å². The molecule has 0 heterocycles. The fourth-order valence-electron chi connectivity index (χ4n) is 0.629. The summed E-state index contributed by atoms with van der Waals surface area (Å²) in [6.07, 6.45) is 5.63. The van der Waals surface area contributed by atoms with Crippen LogP contribution in [-0.4, -0.2) is 25.8 Å². The van der Waals surface area contributed by atoms with Gasteiger partial charge in [-0.1, -0.05) is 6.08 Å². The van der Waals surface area contributed by atoms with E-state index in [0.717, 1.165) is 19.1 Å². The van der Waals surface area contributed by atoms with Gasteiger partial charge in [-0.25, -0.2) is 9.78 Å². The van der Waals surface area contributed by atoms with Crippen molar-refractivity contribution < 1.29 is 19.3 Å². The van der Waals surface area contributed by atoms with Gasteiger partial charge in [0, 0.05) is 7.11 Å². The van der Waals surface area contributed by atoms with E-state index in [1.54, 1.807) is 27.0 Å². The van der Waals surface area contributed by atoms with Gasteiger partial charge in [0.1, 0.15) is 6.29 Å². The highest BCUT2D eigenvalue weighted by Crippen LogP contribution is 2.09. The summed E-state index contributed by atoms with van der Waals surface area (Å²) in [5.41, 5.74) is 0. The second-order valence-corrected chi connectivity index (χ2v) is 3.22. The molecule has 4 nitrogen and oxygen atoms in total. The van der Waals surface area contributed by atoms with E-state index in [2.05, 4.69) is 0 Å². The van der Waals surface area contributed by atoms with E-state index in [1.165, 1.54) is 6.08 Å². The average molecular weight is 202 g/mol. The molecule has 4 heteroatoms. The molecule has 0 bridgehead atoms. The van der Waals surface area contributed by atoms with Gasteiger partial charge >= 0.3 is 0 Å². The Kier molecular flexibility index (Phi) is 7.28. The van der Waals surface area contributed by atoms with Gasteiger partial charge < -0.3 is 4.74 Å². The van der Waals surface area contributed by atoms with Gasteiger partial charge in [-0.3, -0.25) is 4.79 Å². The number of carbonyl (C=O) groups is 1. The lowest BCUT2D eigenvalue weighted by Gasteiger charge is -2.21. The van der Waals surface area contributed by atoms with E-state index in [4.69, 9.17) is 14.5 Å². The maximum Gasteiger partial charge on any atom is 0.195 e. The molecule has 0 aliphatic heterocycles. The van der Waals surface area contributed by atoms with Crippen molar-refractivity contribution in [3.63, 3.8) is 0 Å². The van der Waals surface area contributed by atoms with Crippen molar-refractivity contribution in [1.82, 2.24) is 0 Å². The maximum absolute atomic E-state index is 9.90. The Balaban J connectivity index is 3.29. The highest BCUT2D eigenvalue weighted by molar-refractivity contribution is 5.64. The molecule has 0 aliphatic carbocycles. The smallest absolute Gasteiger partial charge is 0.195 e. The summed E-state index contributed by atoms with van der Waals surface area (Å²) in [4.78, 5) is 19.8. The summed E-state index contributed by atoms with van der Waals surface area (Å²) in [5, 5.41) is 0. The molecular formula is C10H18O4. The van der Waals surface area contributed by atoms with Crippen LogP contribution in [0.25, 0.3) is 0 Å². The minimum atomic E-state index is -0.710. The number of rotatable bonds is 8. The zero-order valence-electron chi connectivity index (χ0n) is 8.99. The Morgan fingerprint density at radius 1 is 1.36 bits per heavy atom. The van der Waals surface area contributed by atoms with E-state index in [1.807, 2.05) is 0 Å². The molecule has 0 saturated carbocycles. The van der Waals surface area contributed by atoms with Crippen LogP contribution in [0.1, 0.15) is 26.7 Å². The number of methoxy groups -OCH3 is 1. The molecule has 0 aliphatic rings. The van der Waals surface area contributed by atoms with Gasteiger partial charge in [0.05, 0.1) is 6.61 Å². The zero-order valence-corrected chi connectivity index (χ0v) is 8.99. The van der Waals surface area contributed by atoms with Crippen LogP contribution in [0.5, 0.6) is 0 Å². The lowest BCUT2D eigenvalue weighted by Crippen LogP contribution is -2.26. The van der Waals surface area contributed by atoms with Crippen molar-refractivity contribution in [2.45, 2.75) is 32.5 Å². The third-order valence-corrected chi connectivity index (χ3v) is 1.56. The van der Waals surface area contributed by atoms with Crippen molar-refractivity contribution in [1.29, 1.82) is 0 Å². The molecule has 0 fully saturated rings. The van der Waals surface area contributed by atoms with Gasteiger partial charge in [-0.2, -0.15) is 0 Å². The number of ether oxygens (including phenoxy) is 1. The van der Waals surface area contributed by atoms with Crippen molar-refractivity contribution in [2.75, 3.05) is 13.7 Å². The molecule has 0 spiro atoms. The van der Waals surface area contributed by atoms with Gasteiger partial charge in [-0.05, 0) is 32.8 Å². The molecular weight excluding hydrogens is 184 g/mol. The standard InChI is InChI=1S/C10H18O4/c1-10(2,12-3)14-13-9-7-5-4-6-8-11/h4,6,8H,5,7,9H2,1-3H3/b6-4+. The summed E-state index contributed by atoms with van der Waals surface area (Å²) in [6, 6.07) is 0. The zero-order chi connectivity index (χ0) is 10.9. The largest absolute Gasteiger partial charge is 0.351 e. The minimum absolute atomic E-state index is 0.482. The molecule has 0 aromatic heterocycles. The van der Waals surface area contributed by atoms with Crippen LogP contribution in [0, 0.1) is 0 Å². The first-order chi connectivity index (χ1) is 6.62. The number of aldehydes is 1. The van der Waals surface area contributed by atoms with Crippen LogP contribution in [0.15, 0.2) is 12.2 Å². The van der Waals surface area contributed by atoms with Gasteiger partial charge in [0.25, 0.3) is 0 Å². The van der Waals surface area contributed by atoms with E-state index < -0.39 is 5.79 Å². The van der Waals surface area contributed by atoms with E-state index in [9.17, 15) is 4.79 Å². The summed E-state index contributed by atoms with van der Waals surface area (Å²) in [5.74, 6) is -0.710. The number of carbonyl (C=O) groups excluding carboxylic acids is 1. The van der Waals surface area contributed by atoms with Crippen molar-refractivity contribution in [3.05, 3.63) is 12.2 Å². The molecule has 0 aromatic rings. The Hall–Kier alpha value is -0.710. The predicted octanol–water partition coefficient (Wildman–Crippen LogP) is 1.85. The number of unbranched alkanes of at least 4 members (excludes halogenated alkanes) is 1. The van der Waals surface area contributed by atoms with Crippen LogP contribution in [0.3, 0.4) is 0 Å². The minimum Gasteiger partial charge on any atom is -0.351 e. The summed E-state index contributed by atoms with van der Waals surface area (Å²) < 4.78 is 4.98. The highest BCUT2D eigenvalue weighted by atomic mass is 17.2. The lowest BCUT2D eigenvalue weighted by molar-refractivity contribution is -0.413.